The number of carbonyl (C=O) groups is 2. The summed E-state index contributed by atoms with van der Waals surface area (Å²) < 4.78 is 0. The second-order valence-corrected chi connectivity index (χ2v) is 6.24. The van der Waals surface area contributed by atoms with Crippen molar-refractivity contribution in [1.82, 2.24) is 15.3 Å². The van der Waals surface area contributed by atoms with Gasteiger partial charge in [-0.05, 0) is 41.8 Å². The van der Waals surface area contributed by atoms with E-state index in [0.29, 0.717) is 29.7 Å². The number of para-hydroxylation sites is 1. The van der Waals surface area contributed by atoms with Crippen LogP contribution in [0.25, 0.3) is 11.0 Å². The van der Waals surface area contributed by atoms with Crippen LogP contribution in [0.3, 0.4) is 0 Å². The first-order valence-corrected chi connectivity index (χ1v) is 8.15. The first-order chi connectivity index (χ1) is 12.5. The number of carboxylic acid groups (broad SMARTS) is 1. The Bertz CT molecular complexity index is 1030. The molecule has 0 saturated carbocycles. The zero-order valence-electron chi connectivity index (χ0n) is 13.7. The number of rotatable bonds is 3. The highest BCUT2D eigenvalue weighted by Gasteiger charge is 2.23. The van der Waals surface area contributed by atoms with Crippen molar-refractivity contribution < 1.29 is 14.7 Å². The summed E-state index contributed by atoms with van der Waals surface area (Å²) in [5, 5.41) is 14.6. The van der Waals surface area contributed by atoms with Gasteiger partial charge < -0.3 is 21.1 Å². The maximum absolute atomic E-state index is 11.6. The lowest BCUT2D eigenvalue weighted by Gasteiger charge is -2.25. The van der Waals surface area contributed by atoms with E-state index in [1.165, 1.54) is 0 Å². The van der Waals surface area contributed by atoms with Crippen molar-refractivity contribution in [2.75, 3.05) is 5.32 Å². The topological polar surface area (TPSA) is 133 Å². The van der Waals surface area contributed by atoms with Gasteiger partial charge in [-0.3, -0.25) is 10.1 Å². The lowest BCUT2D eigenvalue weighted by Crippen LogP contribution is -2.29. The van der Waals surface area contributed by atoms with E-state index >= 15 is 0 Å². The van der Waals surface area contributed by atoms with Gasteiger partial charge in [0.1, 0.15) is 11.3 Å². The first kappa shape index (κ1) is 16.1. The van der Waals surface area contributed by atoms with Crippen LogP contribution in [-0.4, -0.2) is 27.1 Å². The minimum absolute atomic E-state index is 0.0334. The molecule has 132 valence electrons. The summed E-state index contributed by atoms with van der Waals surface area (Å²) in [5.41, 5.74) is 9.87. The summed E-state index contributed by atoms with van der Waals surface area (Å²) in [6, 6.07) is 10.8. The minimum Gasteiger partial charge on any atom is -0.465 e. The predicted octanol–water partition coefficient (Wildman–Crippen LogP) is 2.14. The number of anilines is 1. The molecule has 0 bridgehead atoms. The quantitative estimate of drug-likeness (QED) is 0.493. The monoisotopic (exact) mass is 351 g/mol. The second-order valence-electron chi connectivity index (χ2n) is 6.24. The summed E-state index contributed by atoms with van der Waals surface area (Å²) in [5.74, 6) is 0.237. The van der Waals surface area contributed by atoms with Crippen molar-refractivity contribution in [2.45, 2.75) is 19.0 Å². The molecule has 2 amide bonds. The number of primary amides is 1. The molecule has 1 atom stereocenters. The Kier molecular flexibility index (Phi) is 3.81. The van der Waals surface area contributed by atoms with E-state index in [-0.39, 0.29) is 6.04 Å². The van der Waals surface area contributed by atoms with Crippen molar-refractivity contribution in [3.63, 3.8) is 0 Å². The third kappa shape index (κ3) is 2.86. The summed E-state index contributed by atoms with van der Waals surface area (Å²) in [6.45, 7) is 0.592. The SMILES string of the molecule is NC(=O)c1cccc2[nH]c(C3Cc4ccc(NC(=O)O)cc4CN3)nc12. The van der Waals surface area contributed by atoms with Crippen molar-refractivity contribution in [2.24, 2.45) is 5.73 Å². The molecule has 3 aromatic rings. The van der Waals surface area contributed by atoms with Gasteiger partial charge in [0.25, 0.3) is 5.91 Å². The Morgan fingerprint density at radius 1 is 1.23 bits per heavy atom. The average Bonchev–Trinajstić information content (AvgIpc) is 3.04. The molecule has 1 aromatic heterocycles. The number of nitrogens with two attached hydrogens (primary N) is 1. The molecule has 8 nitrogen and oxygen atoms in total. The van der Waals surface area contributed by atoms with Gasteiger partial charge in [-0.25, -0.2) is 9.78 Å². The molecule has 6 N–H and O–H groups in total. The normalized spacial score (nSPS) is 16.2. The average molecular weight is 351 g/mol. The van der Waals surface area contributed by atoms with Gasteiger partial charge in [0.15, 0.2) is 0 Å². The number of fused-ring (bicyclic) bond motifs is 2. The fraction of sp³-hybridized carbons (Fsp3) is 0.167. The van der Waals surface area contributed by atoms with Gasteiger partial charge >= 0.3 is 6.09 Å². The fourth-order valence-electron chi connectivity index (χ4n) is 3.32. The van der Waals surface area contributed by atoms with E-state index in [1.807, 2.05) is 18.2 Å². The van der Waals surface area contributed by atoms with E-state index in [9.17, 15) is 9.59 Å². The fourth-order valence-corrected chi connectivity index (χ4v) is 3.32. The number of benzene rings is 2. The van der Waals surface area contributed by atoms with Crippen LogP contribution in [0, 0.1) is 0 Å². The van der Waals surface area contributed by atoms with Gasteiger partial charge in [-0.15, -0.1) is 0 Å². The van der Waals surface area contributed by atoms with Gasteiger partial charge in [-0.1, -0.05) is 12.1 Å². The van der Waals surface area contributed by atoms with Crippen LogP contribution in [0.1, 0.15) is 33.4 Å². The molecule has 0 radical (unpaired) electrons. The van der Waals surface area contributed by atoms with Crippen molar-refractivity contribution in [3.8, 4) is 0 Å². The molecule has 0 saturated heterocycles. The number of H-pyrrole nitrogens is 1. The van der Waals surface area contributed by atoms with Gasteiger partial charge in [0.05, 0.1) is 17.1 Å². The van der Waals surface area contributed by atoms with E-state index in [4.69, 9.17) is 10.8 Å². The maximum atomic E-state index is 11.6. The number of aromatic nitrogens is 2. The van der Waals surface area contributed by atoms with Crippen LogP contribution >= 0.6 is 0 Å². The van der Waals surface area contributed by atoms with E-state index in [0.717, 1.165) is 22.5 Å². The Balaban J connectivity index is 1.63. The van der Waals surface area contributed by atoms with Gasteiger partial charge in [0, 0.05) is 12.2 Å². The Morgan fingerprint density at radius 3 is 2.85 bits per heavy atom. The molecule has 2 heterocycles. The van der Waals surface area contributed by atoms with Crippen LogP contribution in [-0.2, 0) is 13.0 Å². The molecule has 0 aliphatic carbocycles. The lowest BCUT2D eigenvalue weighted by atomic mass is 9.95. The molecular weight excluding hydrogens is 334 g/mol. The molecule has 1 aliphatic rings. The predicted molar refractivity (Wildman–Crippen MR) is 96.0 cm³/mol. The molecule has 26 heavy (non-hydrogen) atoms. The summed E-state index contributed by atoms with van der Waals surface area (Å²) >= 11 is 0. The van der Waals surface area contributed by atoms with Crippen LogP contribution in [0.5, 0.6) is 0 Å². The number of amides is 2. The number of hydrogen-bond acceptors (Lipinski definition) is 4. The molecule has 8 heteroatoms. The Labute approximate surface area is 148 Å². The Hall–Kier alpha value is -3.39. The molecule has 2 aromatic carbocycles. The molecule has 1 aliphatic heterocycles. The van der Waals surface area contributed by atoms with Crippen molar-refractivity contribution in [3.05, 3.63) is 58.9 Å². The largest absolute Gasteiger partial charge is 0.465 e. The lowest BCUT2D eigenvalue weighted by molar-refractivity contribution is 0.100. The zero-order chi connectivity index (χ0) is 18.3. The van der Waals surface area contributed by atoms with Gasteiger partial charge in [-0.2, -0.15) is 0 Å². The first-order valence-electron chi connectivity index (χ1n) is 8.15. The third-order valence-corrected chi connectivity index (χ3v) is 4.55. The highest BCUT2D eigenvalue weighted by Crippen LogP contribution is 2.28. The van der Waals surface area contributed by atoms with E-state index < -0.39 is 12.0 Å². The smallest absolute Gasteiger partial charge is 0.409 e. The van der Waals surface area contributed by atoms with Gasteiger partial charge in [0.2, 0.25) is 0 Å². The number of nitrogens with one attached hydrogen (secondary N) is 3. The third-order valence-electron chi connectivity index (χ3n) is 4.55. The van der Waals surface area contributed by atoms with Crippen LogP contribution in [0.15, 0.2) is 36.4 Å². The van der Waals surface area contributed by atoms with Crippen LogP contribution < -0.4 is 16.4 Å². The summed E-state index contributed by atoms with van der Waals surface area (Å²) in [7, 11) is 0. The number of imidazole rings is 1. The van der Waals surface area contributed by atoms with Crippen molar-refractivity contribution in [1.29, 1.82) is 0 Å². The van der Waals surface area contributed by atoms with Crippen LogP contribution in [0.4, 0.5) is 10.5 Å². The molecule has 1 unspecified atom stereocenters. The molecule has 0 fully saturated rings. The van der Waals surface area contributed by atoms with E-state index in [2.05, 4.69) is 20.6 Å². The number of aromatic amines is 1. The highest BCUT2D eigenvalue weighted by molar-refractivity contribution is 6.04. The second kappa shape index (κ2) is 6.16. The molecule has 4 rings (SSSR count). The number of nitrogens with zero attached hydrogens (tertiary/aromatic N) is 1. The molecular formula is C18H17N5O3. The maximum Gasteiger partial charge on any atom is 0.409 e. The number of hydrogen-bond donors (Lipinski definition) is 5. The highest BCUT2D eigenvalue weighted by atomic mass is 16.4. The minimum atomic E-state index is -1.08. The molecule has 0 spiro atoms. The number of carbonyl (C=O) groups excluding carboxylic acids is 1. The standard InChI is InChI=1S/C18H17N5O3/c19-16(24)12-2-1-3-13-15(12)23-17(22-13)14-7-9-4-5-11(21-18(25)26)6-10(9)8-20-14/h1-6,14,20-21H,7-8H2,(H2,19,24)(H,22,23)(H,25,26). The zero-order valence-corrected chi connectivity index (χ0v) is 13.7. The summed E-state index contributed by atoms with van der Waals surface area (Å²) in [4.78, 5) is 30.2. The Morgan fingerprint density at radius 2 is 2.08 bits per heavy atom. The van der Waals surface area contributed by atoms with Crippen LogP contribution in [0.2, 0.25) is 0 Å². The van der Waals surface area contributed by atoms with Crippen molar-refractivity contribution >= 4 is 28.7 Å². The van der Waals surface area contributed by atoms with E-state index in [1.54, 1.807) is 18.2 Å². The summed E-state index contributed by atoms with van der Waals surface area (Å²) in [6.07, 6.45) is -0.381.